The molecule has 0 radical (unpaired) electrons. The highest BCUT2D eigenvalue weighted by molar-refractivity contribution is 7.89. The topological polar surface area (TPSA) is 99.9 Å². The van der Waals surface area contributed by atoms with Gasteiger partial charge in [-0.05, 0) is 38.8 Å². The molecule has 2 aromatic rings. The number of carbonyl (C=O) groups excluding carboxylic acids is 1. The molecule has 0 saturated heterocycles. The summed E-state index contributed by atoms with van der Waals surface area (Å²) in [6, 6.07) is 2.19. The van der Waals surface area contributed by atoms with Gasteiger partial charge in [0.15, 0.2) is 0 Å². The van der Waals surface area contributed by atoms with Crippen LogP contribution in [0.4, 0.5) is 10.1 Å². The van der Waals surface area contributed by atoms with Crippen LogP contribution in [0.15, 0.2) is 34.4 Å². The van der Waals surface area contributed by atoms with Gasteiger partial charge in [0.2, 0.25) is 16.0 Å². The van der Waals surface area contributed by atoms with E-state index in [0.717, 1.165) is 17.7 Å². The number of nitrogens with one attached hydrogen (secondary N) is 1. The van der Waals surface area contributed by atoms with E-state index in [0.29, 0.717) is 31.0 Å². The van der Waals surface area contributed by atoms with E-state index in [2.05, 4.69) is 14.8 Å². The Morgan fingerprint density at radius 3 is 2.71 bits per heavy atom. The molecule has 3 heterocycles. The van der Waals surface area contributed by atoms with Gasteiger partial charge in [-0.3, -0.25) is 19.4 Å². The van der Waals surface area contributed by atoms with Crippen molar-refractivity contribution in [2.45, 2.75) is 49.7 Å². The lowest BCUT2D eigenvalue weighted by molar-refractivity contribution is 0.0832. The van der Waals surface area contributed by atoms with Crippen LogP contribution in [0.3, 0.4) is 0 Å². The van der Waals surface area contributed by atoms with Gasteiger partial charge in [0.25, 0.3) is 5.91 Å². The predicted octanol–water partition coefficient (Wildman–Crippen LogP) is 1.61. The smallest absolute Gasteiger partial charge is 0.263 e. The number of hydrogen-bond donors (Lipinski definition) is 1. The summed E-state index contributed by atoms with van der Waals surface area (Å²) in [6.45, 7) is 4.38. The van der Waals surface area contributed by atoms with E-state index in [1.807, 2.05) is 6.92 Å². The summed E-state index contributed by atoms with van der Waals surface area (Å²) in [7, 11) is -2.33. The van der Waals surface area contributed by atoms with Crippen LogP contribution in [0, 0.1) is 5.82 Å². The van der Waals surface area contributed by atoms with Crippen LogP contribution < -0.4 is 9.62 Å². The zero-order valence-electron chi connectivity index (χ0n) is 17.5. The number of amides is 1. The van der Waals surface area contributed by atoms with Crippen molar-refractivity contribution in [1.29, 1.82) is 0 Å². The SMILES string of the molecule is C[C@@H]1CN=C2N(Cc3cnn(C)c3)C(=O)c3cc(S(=O)(=O)NC4(C)CC4)c(F)cc3N21. The molecule has 0 spiro atoms. The maximum absolute atomic E-state index is 15.0. The highest BCUT2D eigenvalue weighted by Gasteiger charge is 2.44. The second-order valence-corrected chi connectivity index (χ2v) is 10.4. The standard InChI is InChI=1S/C20H23FN6O3S/c1-12-8-22-19-26(11-13-9-23-25(3)10-13)18(28)14-6-17(15(21)7-16(14)27(12)19)31(29,30)24-20(2)4-5-20/h6-7,9-10,12,24H,4-5,8,11H2,1-3H3/t12-/m1/s1. The molecule has 1 fully saturated rings. The van der Waals surface area contributed by atoms with Crippen LogP contribution in [0.5, 0.6) is 0 Å². The summed E-state index contributed by atoms with van der Waals surface area (Å²) in [5, 5.41) is 4.14. The maximum atomic E-state index is 15.0. The zero-order chi connectivity index (χ0) is 22.1. The molecule has 2 aliphatic heterocycles. The van der Waals surface area contributed by atoms with Crippen molar-refractivity contribution in [2.75, 3.05) is 11.4 Å². The number of rotatable bonds is 5. The van der Waals surface area contributed by atoms with E-state index in [1.165, 1.54) is 4.90 Å². The average Bonchev–Trinajstić information content (AvgIpc) is 3.07. The van der Waals surface area contributed by atoms with E-state index >= 15 is 4.39 Å². The summed E-state index contributed by atoms with van der Waals surface area (Å²) >= 11 is 0. The lowest BCUT2D eigenvalue weighted by atomic mass is 10.1. The van der Waals surface area contributed by atoms with Crippen molar-refractivity contribution < 1.29 is 17.6 Å². The maximum Gasteiger partial charge on any atom is 0.263 e. The Morgan fingerprint density at radius 2 is 2.06 bits per heavy atom. The summed E-state index contributed by atoms with van der Waals surface area (Å²) in [5.41, 5.74) is 0.727. The lowest BCUT2D eigenvalue weighted by Crippen LogP contribution is -2.52. The summed E-state index contributed by atoms with van der Waals surface area (Å²) < 4.78 is 44.9. The normalized spacial score (nSPS) is 21.7. The van der Waals surface area contributed by atoms with Crippen molar-refractivity contribution in [3.8, 4) is 0 Å². The van der Waals surface area contributed by atoms with Gasteiger partial charge in [0.05, 0.1) is 36.6 Å². The second kappa shape index (κ2) is 6.60. The first kappa shape index (κ1) is 20.1. The Labute approximate surface area is 179 Å². The molecule has 5 rings (SSSR count). The Balaban J connectivity index is 1.59. The highest BCUT2D eigenvalue weighted by Crippen LogP contribution is 2.39. The average molecular weight is 447 g/mol. The number of fused-ring (bicyclic) bond motifs is 3. The first-order valence-corrected chi connectivity index (χ1v) is 11.6. The van der Waals surface area contributed by atoms with Crippen LogP contribution in [0.25, 0.3) is 0 Å². The fourth-order valence-corrected chi connectivity index (χ4v) is 5.58. The van der Waals surface area contributed by atoms with Crippen molar-refractivity contribution >= 4 is 27.6 Å². The summed E-state index contributed by atoms with van der Waals surface area (Å²) in [5.74, 6) is -0.869. The number of aromatic nitrogens is 2. The molecular weight excluding hydrogens is 423 g/mol. The van der Waals surface area contributed by atoms with Crippen LogP contribution in [0.1, 0.15) is 42.6 Å². The molecular formula is C20H23FN6O3S. The Morgan fingerprint density at radius 1 is 1.32 bits per heavy atom. The Hall–Kier alpha value is -2.79. The molecule has 1 N–H and O–H groups in total. The molecule has 1 aromatic carbocycles. The van der Waals surface area contributed by atoms with Gasteiger partial charge in [0, 0.05) is 24.3 Å². The number of benzene rings is 1. The molecule has 1 atom stereocenters. The molecule has 1 amide bonds. The minimum atomic E-state index is -4.11. The Kier molecular flexibility index (Phi) is 4.29. The molecule has 164 valence electrons. The van der Waals surface area contributed by atoms with Crippen molar-refractivity contribution in [2.24, 2.45) is 12.0 Å². The summed E-state index contributed by atoms with van der Waals surface area (Å²) in [4.78, 5) is 20.7. The third-order valence-corrected chi connectivity index (χ3v) is 7.60. The molecule has 3 aliphatic rings. The monoisotopic (exact) mass is 446 g/mol. The van der Waals surface area contributed by atoms with Crippen LogP contribution in [0.2, 0.25) is 0 Å². The van der Waals surface area contributed by atoms with E-state index in [1.54, 1.807) is 35.9 Å². The van der Waals surface area contributed by atoms with E-state index in [4.69, 9.17) is 0 Å². The largest absolute Gasteiger partial charge is 0.307 e. The first-order chi connectivity index (χ1) is 14.6. The molecule has 9 nitrogen and oxygen atoms in total. The molecule has 0 bridgehead atoms. The molecule has 31 heavy (non-hydrogen) atoms. The number of carbonyl (C=O) groups is 1. The minimum absolute atomic E-state index is 0.0939. The minimum Gasteiger partial charge on any atom is -0.307 e. The van der Waals surface area contributed by atoms with Gasteiger partial charge in [-0.2, -0.15) is 5.10 Å². The molecule has 11 heteroatoms. The van der Waals surface area contributed by atoms with Crippen LogP contribution in [-0.4, -0.2) is 53.1 Å². The first-order valence-electron chi connectivity index (χ1n) is 10.1. The number of aliphatic imine (C=N–C) groups is 1. The van der Waals surface area contributed by atoms with Gasteiger partial charge in [-0.25, -0.2) is 17.5 Å². The van der Waals surface area contributed by atoms with E-state index < -0.39 is 32.2 Å². The van der Waals surface area contributed by atoms with Crippen LogP contribution >= 0.6 is 0 Å². The van der Waals surface area contributed by atoms with Gasteiger partial charge in [-0.1, -0.05) is 0 Å². The molecule has 1 saturated carbocycles. The quantitative estimate of drug-likeness (QED) is 0.752. The second-order valence-electron chi connectivity index (χ2n) is 8.74. The van der Waals surface area contributed by atoms with E-state index in [9.17, 15) is 13.2 Å². The van der Waals surface area contributed by atoms with Gasteiger partial charge in [-0.15, -0.1) is 0 Å². The number of halogens is 1. The number of guanidine groups is 1. The summed E-state index contributed by atoms with van der Waals surface area (Å²) in [6.07, 6.45) is 4.85. The number of anilines is 1. The van der Waals surface area contributed by atoms with Gasteiger partial charge in [0.1, 0.15) is 10.7 Å². The van der Waals surface area contributed by atoms with Gasteiger partial charge >= 0.3 is 0 Å². The van der Waals surface area contributed by atoms with Gasteiger partial charge < -0.3 is 4.90 Å². The third-order valence-electron chi connectivity index (χ3n) is 5.95. The van der Waals surface area contributed by atoms with Crippen LogP contribution in [-0.2, 0) is 23.6 Å². The zero-order valence-corrected chi connectivity index (χ0v) is 18.3. The fourth-order valence-electron chi connectivity index (χ4n) is 4.03. The number of aryl methyl sites for hydroxylation is 1. The third kappa shape index (κ3) is 3.32. The van der Waals surface area contributed by atoms with E-state index in [-0.39, 0.29) is 18.2 Å². The molecule has 1 aliphatic carbocycles. The highest BCUT2D eigenvalue weighted by atomic mass is 32.2. The number of sulfonamides is 1. The van der Waals surface area contributed by atoms with Crippen molar-refractivity contribution in [3.05, 3.63) is 41.5 Å². The molecule has 1 aromatic heterocycles. The number of hydrogen-bond acceptors (Lipinski definition) is 6. The van der Waals surface area contributed by atoms with Crippen molar-refractivity contribution in [3.63, 3.8) is 0 Å². The predicted molar refractivity (Wildman–Crippen MR) is 112 cm³/mol. The number of nitrogens with zero attached hydrogens (tertiary/aromatic N) is 5. The molecule has 0 unspecified atom stereocenters. The Bertz CT molecular complexity index is 1230. The fraction of sp³-hybridized carbons (Fsp3) is 0.450. The van der Waals surface area contributed by atoms with Crippen molar-refractivity contribution in [1.82, 2.24) is 19.4 Å². The lowest BCUT2D eigenvalue weighted by Gasteiger charge is -2.38.